The molecular weight excluding hydrogens is 813 g/mol. The summed E-state index contributed by atoms with van der Waals surface area (Å²) >= 11 is 0. The zero-order valence-corrected chi connectivity index (χ0v) is 41.7. The van der Waals surface area contributed by atoms with E-state index in [-0.39, 0.29) is 71.3 Å². The van der Waals surface area contributed by atoms with Gasteiger partial charge in [0.15, 0.2) is 0 Å². The Balaban J connectivity index is -0.000000119. The summed E-state index contributed by atoms with van der Waals surface area (Å²) in [6.45, 7) is 4.53. The Morgan fingerprint density at radius 3 is 0.510 bits per heavy atom. The second-order valence-corrected chi connectivity index (χ2v) is 12.6. The molecule has 0 aromatic rings. The Morgan fingerprint density at radius 2 is 0.392 bits per heavy atom. The third-order valence-electron chi connectivity index (χ3n) is 7.97. The zero-order chi connectivity index (χ0) is 36.9. The Morgan fingerprint density at radius 1 is 0.275 bits per heavy atom. The number of carboxylic acid groups (broad SMARTS) is 6. The van der Waals surface area contributed by atoms with Crippen LogP contribution in [0.15, 0.2) is 0 Å². The number of aliphatic carboxylic acids is 2. The molecule has 13 heteroatoms. The molecule has 0 saturated carbocycles. The number of hydrogen-bond donors (Lipinski definition) is 0. The van der Waals surface area contributed by atoms with E-state index < -0.39 is 24.2 Å². The molecule has 0 aliphatic heterocycles. The molecule has 0 saturated heterocycles. The molecule has 0 amide bonds. The Labute approximate surface area is 349 Å². The molecule has 0 bridgehead atoms. The van der Waals surface area contributed by atoms with E-state index in [0.29, 0.717) is 0 Å². The molecule has 0 unspecified atom stereocenters. The molecular formula is C38H70O10Zn3. The molecule has 0 heterocycles. The Kier molecular flexibility index (Phi) is 78.5. The summed E-state index contributed by atoms with van der Waals surface area (Å²) in [5.41, 5.74) is 0. The van der Waals surface area contributed by atoms with Crippen molar-refractivity contribution in [2.24, 2.45) is 0 Å². The van der Waals surface area contributed by atoms with Crippen LogP contribution < -0.4 is 30.6 Å². The van der Waals surface area contributed by atoms with Gasteiger partial charge in [-0.1, -0.05) is 194 Å². The SMILES string of the molecule is CCCCCCCCCCCCCCCCCC(=O)[O-].CCCCCCCCCCCCCCCCCC(=O)[O-].O=C([O-])[O-].O=C([O-])[O-].[Zn+2].[Zn+2].[Zn+2]. The van der Waals surface area contributed by atoms with Crippen LogP contribution in [0.1, 0.15) is 219 Å². The predicted molar refractivity (Wildman–Crippen MR) is 180 cm³/mol. The van der Waals surface area contributed by atoms with E-state index in [9.17, 15) is 19.8 Å². The fraction of sp³-hybridized carbons (Fsp3) is 0.895. The van der Waals surface area contributed by atoms with E-state index in [1.54, 1.807) is 0 Å². The minimum Gasteiger partial charge on any atom is -0.652 e. The van der Waals surface area contributed by atoms with E-state index in [1.165, 1.54) is 167 Å². The van der Waals surface area contributed by atoms with Gasteiger partial charge in [-0.25, -0.2) is 0 Å². The molecule has 0 fully saturated rings. The van der Waals surface area contributed by atoms with Crippen molar-refractivity contribution in [1.29, 1.82) is 0 Å². The van der Waals surface area contributed by atoms with Gasteiger partial charge in [0.2, 0.25) is 0 Å². The zero-order valence-electron chi connectivity index (χ0n) is 32.8. The third kappa shape index (κ3) is 99.5. The number of carboxylic acids is 2. The fourth-order valence-corrected chi connectivity index (χ4v) is 5.28. The van der Waals surface area contributed by atoms with Crippen molar-refractivity contribution in [2.45, 2.75) is 219 Å². The van der Waals surface area contributed by atoms with E-state index in [2.05, 4.69) is 13.8 Å². The minimum atomic E-state index is -2.33. The normalized spacial score (nSPS) is 9.45. The number of unbranched alkanes of at least 4 members (excludes halogenated alkanes) is 28. The molecule has 0 N–H and O–H groups in total. The summed E-state index contributed by atoms with van der Waals surface area (Å²) in [7, 11) is 0. The van der Waals surface area contributed by atoms with E-state index in [4.69, 9.17) is 30.0 Å². The average Bonchev–Trinajstić information content (AvgIpc) is 3.00. The van der Waals surface area contributed by atoms with Gasteiger partial charge in [0.1, 0.15) is 0 Å². The molecule has 51 heavy (non-hydrogen) atoms. The Hall–Kier alpha value is -0.650. The maximum Gasteiger partial charge on any atom is 2.00 e. The first-order valence-corrected chi connectivity index (χ1v) is 19.2. The van der Waals surface area contributed by atoms with E-state index in [1.807, 2.05) is 0 Å². The summed E-state index contributed by atoms with van der Waals surface area (Å²) in [4.78, 5) is 37.1. The predicted octanol–water partition coefficient (Wildman–Crippen LogP) is 5.09. The van der Waals surface area contributed by atoms with Gasteiger partial charge in [-0.2, -0.15) is 0 Å². The van der Waals surface area contributed by atoms with Crippen LogP contribution in [0.5, 0.6) is 0 Å². The van der Waals surface area contributed by atoms with Gasteiger partial charge in [-0.3, -0.25) is 0 Å². The molecule has 0 atom stereocenters. The molecule has 288 valence electrons. The van der Waals surface area contributed by atoms with Gasteiger partial charge in [0.05, 0.1) is 0 Å². The largest absolute Gasteiger partial charge is 2.00 e. The van der Waals surface area contributed by atoms with Crippen LogP contribution in [0.4, 0.5) is 9.59 Å². The number of hydrogen-bond acceptors (Lipinski definition) is 10. The number of rotatable bonds is 32. The maximum atomic E-state index is 10.2. The second-order valence-electron chi connectivity index (χ2n) is 12.6. The standard InChI is InChI=1S/2C18H36O2.2CH2O3.3Zn/c2*1-2-3-4-5-6-7-8-9-10-11-12-13-14-15-16-17-18(19)20;2*2-1(3)4;;;/h2*2-17H2,1H3,(H,19,20);2*(H2,2,3,4);;;/q;;;;3*+2/p-6. The smallest absolute Gasteiger partial charge is 0.652 e. The maximum absolute atomic E-state index is 10.2. The van der Waals surface area contributed by atoms with Crippen LogP contribution in [-0.4, -0.2) is 24.2 Å². The average molecular weight is 883 g/mol. The van der Waals surface area contributed by atoms with Gasteiger partial charge in [0.25, 0.3) is 0 Å². The number of carbonyl (C=O) groups is 4. The molecule has 0 aromatic carbocycles. The molecule has 0 radical (unpaired) electrons. The van der Waals surface area contributed by atoms with E-state index in [0.717, 1.165) is 25.7 Å². The van der Waals surface area contributed by atoms with Crippen molar-refractivity contribution in [1.82, 2.24) is 0 Å². The topological polar surface area (TPSA) is 207 Å². The van der Waals surface area contributed by atoms with Gasteiger partial charge in [-0.05, 0) is 38.0 Å². The summed E-state index contributed by atoms with van der Waals surface area (Å²) in [6.07, 6.45) is 35.0. The van der Waals surface area contributed by atoms with Crippen molar-refractivity contribution < 1.29 is 108 Å². The Bertz CT molecular complexity index is 622. The summed E-state index contributed by atoms with van der Waals surface area (Å²) < 4.78 is 0. The van der Waals surface area contributed by atoms with Crippen LogP contribution in [0, 0.1) is 0 Å². The van der Waals surface area contributed by atoms with Crippen LogP contribution in [-0.2, 0) is 68.0 Å². The van der Waals surface area contributed by atoms with Crippen LogP contribution in [0.25, 0.3) is 0 Å². The summed E-state index contributed by atoms with van der Waals surface area (Å²) in [5.74, 6) is -1.81. The van der Waals surface area contributed by atoms with E-state index >= 15 is 0 Å². The monoisotopic (exact) mass is 878 g/mol. The van der Waals surface area contributed by atoms with Gasteiger partial charge in [0, 0.05) is 11.9 Å². The second kappa shape index (κ2) is 61.4. The fourth-order valence-electron chi connectivity index (χ4n) is 5.28. The minimum absolute atomic E-state index is 0. The van der Waals surface area contributed by atoms with Gasteiger partial charge >= 0.3 is 58.4 Å². The van der Waals surface area contributed by atoms with Crippen molar-refractivity contribution in [3.8, 4) is 0 Å². The van der Waals surface area contributed by atoms with Crippen molar-refractivity contribution in [3.05, 3.63) is 0 Å². The first-order valence-electron chi connectivity index (χ1n) is 19.2. The summed E-state index contributed by atoms with van der Waals surface area (Å²) in [5, 5.41) is 53.8. The third-order valence-corrected chi connectivity index (χ3v) is 7.97. The first-order chi connectivity index (χ1) is 23.0. The number of carbonyl (C=O) groups excluding carboxylic acids is 4. The molecule has 0 rings (SSSR count). The molecule has 0 aliphatic rings. The van der Waals surface area contributed by atoms with Gasteiger partial charge in [-0.15, -0.1) is 0 Å². The van der Waals surface area contributed by atoms with Crippen molar-refractivity contribution in [3.63, 3.8) is 0 Å². The molecule has 0 aliphatic carbocycles. The first kappa shape index (κ1) is 65.3. The van der Waals surface area contributed by atoms with Crippen LogP contribution in [0.3, 0.4) is 0 Å². The van der Waals surface area contributed by atoms with Crippen LogP contribution in [0.2, 0.25) is 0 Å². The molecule has 10 nitrogen and oxygen atoms in total. The van der Waals surface area contributed by atoms with Crippen molar-refractivity contribution in [2.75, 3.05) is 0 Å². The molecule has 0 spiro atoms. The van der Waals surface area contributed by atoms with Gasteiger partial charge < -0.3 is 49.8 Å². The summed E-state index contributed by atoms with van der Waals surface area (Å²) in [6, 6.07) is 0. The van der Waals surface area contributed by atoms with Crippen molar-refractivity contribution >= 4 is 24.2 Å². The molecule has 0 aromatic heterocycles. The van der Waals surface area contributed by atoms with Crippen LogP contribution >= 0.6 is 0 Å². The quantitative estimate of drug-likeness (QED) is 0.0646.